The number of Topliss-reactive ketones (excluding diaryl/α,β-unsaturated/α-hetero) is 1. The molecule has 2 aromatic carbocycles. The van der Waals surface area contributed by atoms with Gasteiger partial charge in [0.05, 0.1) is 7.11 Å². The standard InChI is InChI=1S/C19H16F3NO6/c1-27-16-8-12(5-6-15(16)29-19(21)22)18(26)23-9-17(25)28-10-14(24)11-3-2-4-13(20)7-11/h2-8,19H,9-10H2,1H3,(H,23,26). The highest BCUT2D eigenvalue weighted by atomic mass is 19.3. The lowest BCUT2D eigenvalue weighted by molar-refractivity contribution is -0.141. The summed E-state index contributed by atoms with van der Waals surface area (Å²) in [5.41, 5.74) is 0.0622. The number of ether oxygens (including phenoxy) is 3. The van der Waals surface area contributed by atoms with Gasteiger partial charge in [-0.25, -0.2) is 4.39 Å². The Morgan fingerprint density at radius 1 is 1.03 bits per heavy atom. The molecule has 154 valence electrons. The number of ketones is 1. The van der Waals surface area contributed by atoms with Crippen molar-refractivity contribution in [3.05, 3.63) is 59.4 Å². The van der Waals surface area contributed by atoms with E-state index in [4.69, 9.17) is 9.47 Å². The van der Waals surface area contributed by atoms with Crippen LogP contribution in [0.15, 0.2) is 42.5 Å². The maximum atomic E-state index is 13.1. The number of carbonyl (C=O) groups is 3. The van der Waals surface area contributed by atoms with Crippen LogP contribution in [-0.4, -0.2) is 44.5 Å². The first kappa shape index (κ1) is 21.7. The van der Waals surface area contributed by atoms with E-state index in [0.717, 1.165) is 18.2 Å². The quantitative estimate of drug-likeness (QED) is 0.504. The zero-order valence-corrected chi connectivity index (χ0v) is 15.1. The lowest BCUT2D eigenvalue weighted by Crippen LogP contribution is -2.31. The summed E-state index contributed by atoms with van der Waals surface area (Å²) >= 11 is 0. The fraction of sp³-hybridized carbons (Fsp3) is 0.211. The second-order valence-electron chi connectivity index (χ2n) is 5.52. The van der Waals surface area contributed by atoms with Crippen molar-refractivity contribution in [1.82, 2.24) is 5.32 Å². The summed E-state index contributed by atoms with van der Waals surface area (Å²) in [7, 11) is 1.21. The van der Waals surface area contributed by atoms with Crippen molar-refractivity contribution >= 4 is 17.7 Å². The number of halogens is 3. The summed E-state index contributed by atoms with van der Waals surface area (Å²) in [6, 6.07) is 8.37. The van der Waals surface area contributed by atoms with Gasteiger partial charge in [-0.3, -0.25) is 14.4 Å². The lowest BCUT2D eigenvalue weighted by atomic mass is 10.1. The van der Waals surface area contributed by atoms with Crippen LogP contribution in [0.4, 0.5) is 13.2 Å². The third kappa shape index (κ3) is 6.52. The molecule has 0 aliphatic heterocycles. The first-order chi connectivity index (χ1) is 13.8. The molecule has 0 heterocycles. The Morgan fingerprint density at radius 3 is 2.45 bits per heavy atom. The molecule has 0 unspecified atom stereocenters. The van der Waals surface area contributed by atoms with E-state index in [1.54, 1.807) is 0 Å². The number of esters is 1. The van der Waals surface area contributed by atoms with Crippen molar-refractivity contribution in [3.63, 3.8) is 0 Å². The molecule has 0 radical (unpaired) electrons. The van der Waals surface area contributed by atoms with E-state index in [2.05, 4.69) is 10.1 Å². The molecule has 1 N–H and O–H groups in total. The van der Waals surface area contributed by atoms with Gasteiger partial charge in [0.1, 0.15) is 12.4 Å². The van der Waals surface area contributed by atoms with Gasteiger partial charge >= 0.3 is 12.6 Å². The molecule has 0 saturated heterocycles. The van der Waals surface area contributed by atoms with Gasteiger partial charge in [-0.1, -0.05) is 12.1 Å². The van der Waals surface area contributed by atoms with Crippen LogP contribution in [-0.2, 0) is 9.53 Å². The first-order valence-electron chi connectivity index (χ1n) is 8.15. The van der Waals surface area contributed by atoms with Gasteiger partial charge < -0.3 is 19.5 Å². The number of hydrogen-bond acceptors (Lipinski definition) is 6. The molecule has 0 saturated carbocycles. The van der Waals surface area contributed by atoms with Crippen LogP contribution in [0.3, 0.4) is 0 Å². The number of nitrogens with one attached hydrogen (secondary N) is 1. The minimum absolute atomic E-state index is 0.0205. The van der Waals surface area contributed by atoms with Crippen molar-refractivity contribution in [3.8, 4) is 11.5 Å². The smallest absolute Gasteiger partial charge is 0.387 e. The molecule has 0 aromatic heterocycles. The Hall–Kier alpha value is -3.56. The third-order valence-electron chi connectivity index (χ3n) is 3.55. The molecule has 0 bridgehead atoms. The van der Waals surface area contributed by atoms with Crippen LogP contribution < -0.4 is 14.8 Å². The van der Waals surface area contributed by atoms with E-state index in [1.807, 2.05) is 0 Å². The molecule has 0 aliphatic carbocycles. The van der Waals surface area contributed by atoms with Crippen molar-refractivity contribution in [2.24, 2.45) is 0 Å². The number of methoxy groups -OCH3 is 1. The summed E-state index contributed by atoms with van der Waals surface area (Å²) in [6.07, 6.45) is 0. The molecule has 10 heteroatoms. The van der Waals surface area contributed by atoms with Crippen LogP contribution >= 0.6 is 0 Å². The number of carbonyl (C=O) groups excluding carboxylic acids is 3. The highest BCUT2D eigenvalue weighted by Gasteiger charge is 2.16. The van der Waals surface area contributed by atoms with E-state index < -0.39 is 43.2 Å². The van der Waals surface area contributed by atoms with Crippen molar-refractivity contribution in [2.75, 3.05) is 20.3 Å². The number of rotatable bonds is 9. The Kier molecular flexibility index (Phi) is 7.58. The fourth-order valence-corrected chi connectivity index (χ4v) is 2.20. The first-order valence-corrected chi connectivity index (χ1v) is 8.15. The van der Waals surface area contributed by atoms with Gasteiger partial charge in [0.15, 0.2) is 23.9 Å². The monoisotopic (exact) mass is 411 g/mol. The van der Waals surface area contributed by atoms with Gasteiger partial charge in [-0.2, -0.15) is 8.78 Å². The molecule has 7 nitrogen and oxygen atoms in total. The average molecular weight is 411 g/mol. The molecule has 1 amide bonds. The topological polar surface area (TPSA) is 90.9 Å². The van der Waals surface area contributed by atoms with E-state index in [-0.39, 0.29) is 22.6 Å². The van der Waals surface area contributed by atoms with E-state index in [9.17, 15) is 27.6 Å². The molecule has 29 heavy (non-hydrogen) atoms. The zero-order chi connectivity index (χ0) is 21.4. The number of benzene rings is 2. The summed E-state index contributed by atoms with van der Waals surface area (Å²) < 4.78 is 51.6. The van der Waals surface area contributed by atoms with Gasteiger partial charge in [-0.15, -0.1) is 0 Å². The van der Waals surface area contributed by atoms with E-state index >= 15 is 0 Å². The normalized spacial score (nSPS) is 10.4. The number of amides is 1. The molecule has 0 fully saturated rings. The average Bonchev–Trinajstić information content (AvgIpc) is 2.70. The SMILES string of the molecule is COc1cc(C(=O)NCC(=O)OCC(=O)c2cccc(F)c2)ccc1OC(F)F. The maximum Gasteiger partial charge on any atom is 0.387 e. The van der Waals surface area contributed by atoms with Crippen LogP contribution in [0.5, 0.6) is 11.5 Å². The molecule has 2 aromatic rings. The highest BCUT2D eigenvalue weighted by molar-refractivity contribution is 5.99. The molecule has 0 aliphatic rings. The molecular weight excluding hydrogens is 395 g/mol. The minimum Gasteiger partial charge on any atom is -0.493 e. The van der Waals surface area contributed by atoms with Gasteiger partial charge in [0, 0.05) is 11.1 Å². The van der Waals surface area contributed by atoms with Gasteiger partial charge in [0.25, 0.3) is 5.91 Å². The summed E-state index contributed by atoms with van der Waals surface area (Å²) in [5.74, 6) is -3.16. The summed E-state index contributed by atoms with van der Waals surface area (Å²) in [5, 5.41) is 2.25. The highest BCUT2D eigenvalue weighted by Crippen LogP contribution is 2.29. The second-order valence-corrected chi connectivity index (χ2v) is 5.52. The third-order valence-corrected chi connectivity index (χ3v) is 3.55. The Bertz CT molecular complexity index is 903. The second kappa shape index (κ2) is 10.1. The lowest BCUT2D eigenvalue weighted by Gasteiger charge is -2.11. The largest absolute Gasteiger partial charge is 0.493 e. The maximum absolute atomic E-state index is 13.1. The molecular formula is C19H16F3NO6. The molecule has 0 atom stereocenters. The van der Waals surface area contributed by atoms with Crippen molar-refractivity contribution < 1.29 is 41.8 Å². The predicted octanol–water partition coefficient (Wildman–Crippen LogP) is 2.59. The Morgan fingerprint density at radius 2 is 1.79 bits per heavy atom. The molecule has 0 spiro atoms. The van der Waals surface area contributed by atoms with Crippen molar-refractivity contribution in [2.45, 2.75) is 6.61 Å². The number of hydrogen-bond donors (Lipinski definition) is 1. The predicted molar refractivity (Wildman–Crippen MR) is 93.6 cm³/mol. The van der Waals surface area contributed by atoms with Crippen LogP contribution in [0.2, 0.25) is 0 Å². The van der Waals surface area contributed by atoms with E-state index in [1.165, 1.54) is 31.4 Å². The van der Waals surface area contributed by atoms with Crippen LogP contribution in [0, 0.1) is 5.82 Å². The van der Waals surface area contributed by atoms with Gasteiger partial charge in [-0.05, 0) is 30.3 Å². The Labute approximate surface area is 163 Å². The van der Waals surface area contributed by atoms with Crippen LogP contribution in [0.25, 0.3) is 0 Å². The summed E-state index contributed by atoms with van der Waals surface area (Å²) in [6.45, 7) is -4.23. The minimum atomic E-state index is -3.06. The Balaban J connectivity index is 1.86. The molecule has 2 rings (SSSR count). The van der Waals surface area contributed by atoms with Crippen molar-refractivity contribution in [1.29, 1.82) is 0 Å². The van der Waals surface area contributed by atoms with Gasteiger partial charge in [0.2, 0.25) is 0 Å². The fourth-order valence-electron chi connectivity index (χ4n) is 2.20. The van der Waals surface area contributed by atoms with Crippen LogP contribution in [0.1, 0.15) is 20.7 Å². The number of alkyl halides is 2. The van der Waals surface area contributed by atoms with E-state index in [0.29, 0.717) is 0 Å². The zero-order valence-electron chi connectivity index (χ0n) is 15.1. The summed E-state index contributed by atoms with van der Waals surface area (Å²) in [4.78, 5) is 35.6.